The van der Waals surface area contributed by atoms with Gasteiger partial charge in [0, 0.05) is 0 Å². The van der Waals surface area contributed by atoms with Crippen molar-refractivity contribution in [3.05, 3.63) is 83.7 Å². The van der Waals surface area contributed by atoms with Crippen LogP contribution >= 0.6 is 0 Å². The van der Waals surface area contributed by atoms with Crippen LogP contribution in [0.1, 0.15) is 30.9 Å². The number of nitrogens with one attached hydrogen (secondary N) is 1. The molecule has 0 bridgehead atoms. The molecule has 1 amide bonds. The molecule has 3 aromatic carbocycles. The SMILES string of the molecule is CC(C)S(=O)(=O)c1ccc(Cc2nnc(NC(=O)Cc3cccc4ccccc34)o2)cc1. The van der Waals surface area contributed by atoms with Crippen LogP contribution in [0.25, 0.3) is 10.8 Å². The van der Waals surface area contributed by atoms with E-state index in [2.05, 4.69) is 15.5 Å². The smallest absolute Gasteiger partial charge is 0.322 e. The molecule has 1 aromatic heterocycles. The molecule has 0 saturated heterocycles. The largest absolute Gasteiger partial charge is 0.407 e. The Hall–Kier alpha value is -3.52. The Morgan fingerprint density at radius 2 is 1.69 bits per heavy atom. The molecule has 1 heterocycles. The zero-order chi connectivity index (χ0) is 22.7. The van der Waals surface area contributed by atoms with E-state index in [9.17, 15) is 13.2 Å². The molecule has 0 saturated carbocycles. The van der Waals surface area contributed by atoms with E-state index < -0.39 is 15.1 Å². The van der Waals surface area contributed by atoms with Gasteiger partial charge in [-0.05, 0) is 47.9 Å². The third kappa shape index (κ3) is 4.70. The second-order valence-corrected chi connectivity index (χ2v) is 10.3. The van der Waals surface area contributed by atoms with Crippen LogP contribution < -0.4 is 5.32 Å². The summed E-state index contributed by atoms with van der Waals surface area (Å²) < 4.78 is 30.0. The summed E-state index contributed by atoms with van der Waals surface area (Å²) in [4.78, 5) is 12.8. The van der Waals surface area contributed by atoms with Gasteiger partial charge in [0.15, 0.2) is 9.84 Å². The van der Waals surface area contributed by atoms with Crippen LogP contribution in [0.5, 0.6) is 0 Å². The Kier molecular flexibility index (Phi) is 6.05. The first kappa shape index (κ1) is 21.7. The number of nitrogens with zero attached hydrogens (tertiary/aromatic N) is 2. The summed E-state index contributed by atoms with van der Waals surface area (Å²) in [5, 5.41) is 12.1. The zero-order valence-electron chi connectivity index (χ0n) is 17.8. The lowest BCUT2D eigenvalue weighted by Gasteiger charge is -2.08. The minimum absolute atomic E-state index is 0.0317. The predicted molar refractivity (Wildman–Crippen MR) is 122 cm³/mol. The highest BCUT2D eigenvalue weighted by molar-refractivity contribution is 7.92. The van der Waals surface area contributed by atoms with Gasteiger partial charge in [-0.2, -0.15) is 0 Å². The van der Waals surface area contributed by atoms with Crippen LogP contribution in [0.4, 0.5) is 6.01 Å². The maximum Gasteiger partial charge on any atom is 0.322 e. The Morgan fingerprint density at radius 1 is 0.969 bits per heavy atom. The molecule has 4 aromatic rings. The van der Waals surface area contributed by atoms with Crippen LogP contribution in [0.3, 0.4) is 0 Å². The van der Waals surface area contributed by atoms with Gasteiger partial charge in [-0.15, -0.1) is 5.10 Å². The fourth-order valence-electron chi connectivity index (χ4n) is 3.40. The van der Waals surface area contributed by atoms with Gasteiger partial charge in [0.2, 0.25) is 11.8 Å². The van der Waals surface area contributed by atoms with Gasteiger partial charge in [-0.1, -0.05) is 59.7 Å². The molecule has 0 radical (unpaired) electrons. The average molecular weight is 450 g/mol. The van der Waals surface area contributed by atoms with E-state index >= 15 is 0 Å². The monoisotopic (exact) mass is 449 g/mol. The third-order valence-corrected chi connectivity index (χ3v) is 7.34. The summed E-state index contributed by atoms with van der Waals surface area (Å²) in [6, 6.07) is 20.4. The van der Waals surface area contributed by atoms with Crippen molar-refractivity contribution < 1.29 is 17.6 Å². The molecule has 4 rings (SSSR count). The minimum atomic E-state index is -3.31. The maximum atomic E-state index is 12.5. The summed E-state index contributed by atoms with van der Waals surface area (Å²) >= 11 is 0. The molecular formula is C24H23N3O4S. The molecule has 0 aliphatic carbocycles. The quantitative estimate of drug-likeness (QED) is 0.454. The van der Waals surface area contributed by atoms with Gasteiger partial charge >= 0.3 is 6.01 Å². The predicted octanol–water partition coefficient (Wildman–Crippen LogP) is 4.18. The number of hydrogen-bond donors (Lipinski definition) is 1. The Labute approximate surface area is 186 Å². The molecule has 0 spiro atoms. The highest BCUT2D eigenvalue weighted by Crippen LogP contribution is 2.20. The van der Waals surface area contributed by atoms with Crippen molar-refractivity contribution in [2.24, 2.45) is 0 Å². The van der Waals surface area contributed by atoms with Crippen molar-refractivity contribution in [3.63, 3.8) is 0 Å². The number of fused-ring (bicyclic) bond motifs is 1. The van der Waals surface area contributed by atoms with Gasteiger partial charge < -0.3 is 4.42 Å². The number of rotatable bonds is 7. The summed E-state index contributed by atoms with van der Waals surface area (Å²) in [5.74, 6) is 0.0738. The Morgan fingerprint density at radius 3 is 2.44 bits per heavy atom. The molecular weight excluding hydrogens is 426 g/mol. The topological polar surface area (TPSA) is 102 Å². The Balaban J connectivity index is 1.40. The summed E-state index contributed by atoms with van der Waals surface area (Å²) in [7, 11) is -3.31. The molecule has 7 nitrogen and oxygen atoms in total. The molecule has 0 aliphatic rings. The van der Waals surface area contributed by atoms with Gasteiger partial charge in [-0.25, -0.2) is 8.42 Å². The summed E-state index contributed by atoms with van der Waals surface area (Å²) in [5.41, 5.74) is 1.74. The number of carbonyl (C=O) groups excluding carboxylic acids is 1. The number of sulfone groups is 1. The van der Waals surface area contributed by atoms with Crippen LogP contribution in [-0.4, -0.2) is 29.8 Å². The van der Waals surface area contributed by atoms with Crippen molar-refractivity contribution in [3.8, 4) is 0 Å². The van der Waals surface area contributed by atoms with Crippen LogP contribution in [0.15, 0.2) is 76.0 Å². The van der Waals surface area contributed by atoms with E-state index in [1.54, 1.807) is 38.1 Å². The fourth-order valence-corrected chi connectivity index (χ4v) is 4.46. The second kappa shape index (κ2) is 8.92. The molecule has 8 heteroatoms. The van der Waals surface area contributed by atoms with Crippen molar-refractivity contribution in [2.75, 3.05) is 5.32 Å². The average Bonchev–Trinajstić information content (AvgIpc) is 3.20. The van der Waals surface area contributed by atoms with Crippen LogP contribution in [-0.2, 0) is 27.5 Å². The van der Waals surface area contributed by atoms with E-state index in [4.69, 9.17) is 4.42 Å². The molecule has 0 fully saturated rings. The Bertz CT molecular complexity index is 1350. The number of carbonyl (C=O) groups is 1. The first-order valence-corrected chi connectivity index (χ1v) is 11.8. The molecule has 32 heavy (non-hydrogen) atoms. The zero-order valence-corrected chi connectivity index (χ0v) is 18.6. The number of amides is 1. The standard InChI is InChI=1S/C24H23N3O4S/c1-16(2)32(29,30)20-12-10-17(11-13-20)14-23-26-27-24(31-23)25-22(28)15-19-8-5-7-18-6-3-4-9-21(18)19/h3-13,16H,14-15H2,1-2H3,(H,25,27,28). The molecule has 0 atom stereocenters. The van der Waals surface area contributed by atoms with Crippen molar-refractivity contribution in [1.82, 2.24) is 10.2 Å². The van der Waals surface area contributed by atoms with Crippen molar-refractivity contribution >= 4 is 32.5 Å². The molecule has 164 valence electrons. The highest BCUT2D eigenvalue weighted by Gasteiger charge is 2.19. The number of benzene rings is 3. The van der Waals surface area contributed by atoms with Crippen LogP contribution in [0.2, 0.25) is 0 Å². The third-order valence-electron chi connectivity index (χ3n) is 5.17. The van der Waals surface area contributed by atoms with E-state index in [1.165, 1.54) is 0 Å². The van der Waals surface area contributed by atoms with Crippen molar-refractivity contribution in [2.45, 2.75) is 36.8 Å². The number of aromatic nitrogens is 2. The molecule has 0 unspecified atom stereocenters. The second-order valence-electron chi connectivity index (χ2n) is 7.78. The van der Waals surface area contributed by atoms with Crippen molar-refractivity contribution in [1.29, 1.82) is 0 Å². The van der Waals surface area contributed by atoms with Gasteiger partial charge in [0.05, 0.1) is 23.0 Å². The van der Waals surface area contributed by atoms with E-state index in [-0.39, 0.29) is 23.2 Å². The van der Waals surface area contributed by atoms with E-state index in [0.717, 1.165) is 21.9 Å². The van der Waals surface area contributed by atoms with Gasteiger partial charge in [0.25, 0.3) is 0 Å². The highest BCUT2D eigenvalue weighted by atomic mass is 32.2. The molecule has 0 aliphatic heterocycles. The van der Waals surface area contributed by atoms with Gasteiger partial charge in [0.1, 0.15) is 0 Å². The lowest BCUT2D eigenvalue weighted by atomic mass is 10.0. The van der Waals surface area contributed by atoms with E-state index in [0.29, 0.717) is 12.3 Å². The number of anilines is 1. The summed E-state index contributed by atoms with van der Waals surface area (Å²) in [6.45, 7) is 3.30. The van der Waals surface area contributed by atoms with Crippen LogP contribution in [0, 0.1) is 0 Å². The summed E-state index contributed by atoms with van der Waals surface area (Å²) in [6.07, 6.45) is 0.513. The van der Waals surface area contributed by atoms with E-state index in [1.807, 2.05) is 42.5 Å². The fraction of sp³-hybridized carbons (Fsp3) is 0.208. The molecule has 1 N–H and O–H groups in total. The normalized spacial score (nSPS) is 11.7. The lowest BCUT2D eigenvalue weighted by molar-refractivity contribution is -0.115. The minimum Gasteiger partial charge on any atom is -0.407 e. The number of hydrogen-bond acceptors (Lipinski definition) is 6. The van der Waals surface area contributed by atoms with Gasteiger partial charge in [-0.3, -0.25) is 10.1 Å². The first-order chi connectivity index (χ1) is 15.3. The maximum absolute atomic E-state index is 12.5. The lowest BCUT2D eigenvalue weighted by Crippen LogP contribution is -2.14. The first-order valence-electron chi connectivity index (χ1n) is 10.2.